The second-order valence-electron chi connectivity index (χ2n) is 10.4. The van der Waals surface area contributed by atoms with Gasteiger partial charge >= 0.3 is 0 Å². The Morgan fingerprint density at radius 1 is 1.08 bits per heavy atom. The fraction of sp³-hybridized carbons (Fsp3) is 0.179. The number of carbonyl (C=O) groups excluding carboxylic acids is 1. The minimum Gasteiger partial charge on any atom is -0.335 e. The monoisotopic (exact) mass is 543 g/mol. The first-order valence-corrected chi connectivity index (χ1v) is 13.0. The van der Waals surface area contributed by atoms with E-state index >= 15 is 4.39 Å². The van der Waals surface area contributed by atoms with Gasteiger partial charge in [0.25, 0.3) is 0 Å². The number of amides is 1. The van der Waals surface area contributed by atoms with Gasteiger partial charge in [0.2, 0.25) is 5.91 Å². The third kappa shape index (κ3) is 4.88. The highest BCUT2D eigenvalue weighted by Crippen LogP contribution is 2.35. The molecule has 6 aromatic rings. The van der Waals surface area contributed by atoms with Crippen molar-refractivity contribution in [3.05, 3.63) is 65.9 Å². The fourth-order valence-electron chi connectivity index (χ4n) is 4.47. The maximum atomic E-state index is 15.2. The molecule has 0 unspecified atom stereocenters. The lowest BCUT2D eigenvalue weighted by Gasteiger charge is -2.17. The van der Waals surface area contributed by atoms with Crippen LogP contribution in [-0.2, 0) is 4.79 Å². The summed E-state index contributed by atoms with van der Waals surface area (Å²) in [6.07, 6.45) is 5.03. The smallest absolute Gasteiger partial charge is 0.224 e. The number of anilines is 1. The standard InChI is InChI=1S/C28H23F2N7OS/c1-28(2,3)11-23(38)33-15-8-14(12-31-13-15)17-9-18-20(10-19(17)29)36-37-25(18)27-34-24-16(6-7-32-26(24)35-27)21-4-5-22(30)39-21/h4-10,12-13H,11H2,1-3H3,(H,33,38)(H,36,37)(H,32,34,35). The summed E-state index contributed by atoms with van der Waals surface area (Å²) in [6.45, 7) is 5.94. The molecular formula is C28H23F2N7OS. The number of nitrogens with one attached hydrogen (secondary N) is 3. The Labute approximate surface area is 225 Å². The van der Waals surface area contributed by atoms with Gasteiger partial charge in [-0.05, 0) is 35.7 Å². The maximum Gasteiger partial charge on any atom is 0.224 e. The van der Waals surface area contributed by atoms with Gasteiger partial charge in [-0.1, -0.05) is 20.8 Å². The minimum absolute atomic E-state index is 0.141. The highest BCUT2D eigenvalue weighted by Gasteiger charge is 2.20. The predicted molar refractivity (Wildman–Crippen MR) is 148 cm³/mol. The lowest BCUT2D eigenvalue weighted by atomic mass is 9.92. The number of fused-ring (bicyclic) bond motifs is 2. The molecule has 1 aromatic carbocycles. The van der Waals surface area contributed by atoms with Crippen molar-refractivity contribution >= 4 is 45.0 Å². The predicted octanol–water partition coefficient (Wildman–Crippen LogP) is 6.94. The van der Waals surface area contributed by atoms with Crippen molar-refractivity contribution in [3.63, 3.8) is 0 Å². The number of hydrogen-bond acceptors (Lipinski definition) is 6. The zero-order chi connectivity index (χ0) is 27.3. The molecule has 5 aromatic heterocycles. The molecule has 6 rings (SSSR count). The van der Waals surface area contributed by atoms with Crippen molar-refractivity contribution in [2.75, 3.05) is 5.32 Å². The lowest BCUT2D eigenvalue weighted by molar-refractivity contribution is -0.117. The average Bonchev–Trinajstić information content (AvgIpc) is 3.59. The molecule has 3 N–H and O–H groups in total. The quantitative estimate of drug-likeness (QED) is 0.218. The number of aromatic nitrogens is 6. The van der Waals surface area contributed by atoms with Gasteiger partial charge in [0.05, 0.1) is 22.9 Å². The number of imidazole rings is 1. The number of hydrogen-bond donors (Lipinski definition) is 3. The normalized spacial score (nSPS) is 11.9. The molecule has 0 spiro atoms. The molecule has 0 radical (unpaired) electrons. The van der Waals surface area contributed by atoms with Crippen molar-refractivity contribution in [2.24, 2.45) is 5.41 Å². The van der Waals surface area contributed by atoms with Crippen LogP contribution in [-0.4, -0.2) is 36.0 Å². The summed E-state index contributed by atoms with van der Waals surface area (Å²) in [4.78, 5) is 29.6. The SMILES string of the molecule is CC(C)(C)CC(=O)Nc1cncc(-c2cc3c(-c4nc5nccc(-c6ccc(F)s6)c5[nH]4)n[nH]c3cc2F)c1. The molecule has 196 valence electrons. The molecule has 0 aliphatic heterocycles. The number of aromatic amines is 2. The summed E-state index contributed by atoms with van der Waals surface area (Å²) in [5.41, 5.74) is 3.96. The van der Waals surface area contributed by atoms with Crippen molar-refractivity contribution in [2.45, 2.75) is 27.2 Å². The molecule has 0 fully saturated rings. The summed E-state index contributed by atoms with van der Waals surface area (Å²) in [5.74, 6) is -0.171. The number of pyridine rings is 2. The Morgan fingerprint density at radius 3 is 2.69 bits per heavy atom. The molecule has 0 bridgehead atoms. The van der Waals surface area contributed by atoms with Gasteiger partial charge in [-0.25, -0.2) is 14.4 Å². The summed E-state index contributed by atoms with van der Waals surface area (Å²) in [5, 5.41) is 10.5. The van der Waals surface area contributed by atoms with Gasteiger partial charge in [0.1, 0.15) is 11.5 Å². The molecule has 8 nitrogen and oxygen atoms in total. The van der Waals surface area contributed by atoms with Crippen LogP contribution in [0.4, 0.5) is 14.5 Å². The van der Waals surface area contributed by atoms with E-state index in [0.29, 0.717) is 56.8 Å². The fourth-order valence-corrected chi connectivity index (χ4v) is 5.23. The van der Waals surface area contributed by atoms with Gasteiger partial charge in [0, 0.05) is 51.8 Å². The van der Waals surface area contributed by atoms with Crippen molar-refractivity contribution in [1.29, 1.82) is 0 Å². The Bertz CT molecular complexity index is 1870. The molecule has 0 aliphatic carbocycles. The average molecular weight is 544 g/mol. The zero-order valence-electron chi connectivity index (χ0n) is 21.3. The Kier molecular flexibility index (Phi) is 5.95. The van der Waals surface area contributed by atoms with E-state index < -0.39 is 5.82 Å². The Morgan fingerprint density at radius 2 is 1.92 bits per heavy atom. The van der Waals surface area contributed by atoms with Gasteiger partial charge in [-0.3, -0.25) is 14.9 Å². The van der Waals surface area contributed by atoms with E-state index in [4.69, 9.17) is 0 Å². The van der Waals surface area contributed by atoms with E-state index in [1.54, 1.807) is 36.7 Å². The largest absolute Gasteiger partial charge is 0.335 e. The van der Waals surface area contributed by atoms with E-state index in [-0.39, 0.29) is 16.5 Å². The molecular weight excluding hydrogens is 520 g/mol. The van der Waals surface area contributed by atoms with Gasteiger partial charge in [0.15, 0.2) is 16.6 Å². The van der Waals surface area contributed by atoms with Gasteiger partial charge in [-0.2, -0.15) is 9.49 Å². The molecule has 0 atom stereocenters. The molecule has 0 saturated carbocycles. The second kappa shape index (κ2) is 9.35. The van der Waals surface area contributed by atoms with Crippen LogP contribution in [0.5, 0.6) is 0 Å². The first kappa shape index (κ1) is 24.8. The molecule has 39 heavy (non-hydrogen) atoms. The molecule has 0 aliphatic rings. The lowest BCUT2D eigenvalue weighted by Crippen LogP contribution is -2.19. The van der Waals surface area contributed by atoms with Crippen LogP contribution < -0.4 is 5.32 Å². The summed E-state index contributed by atoms with van der Waals surface area (Å²) >= 11 is 1.04. The van der Waals surface area contributed by atoms with Crippen molar-refractivity contribution in [3.8, 4) is 33.1 Å². The molecule has 1 amide bonds. The van der Waals surface area contributed by atoms with E-state index in [1.807, 2.05) is 20.8 Å². The molecule has 0 saturated heterocycles. The highest BCUT2D eigenvalue weighted by atomic mass is 32.1. The van der Waals surface area contributed by atoms with Crippen molar-refractivity contribution < 1.29 is 13.6 Å². The van der Waals surface area contributed by atoms with E-state index in [0.717, 1.165) is 21.8 Å². The Hall–Kier alpha value is -4.51. The van der Waals surface area contributed by atoms with Crippen molar-refractivity contribution in [1.82, 2.24) is 30.1 Å². The van der Waals surface area contributed by atoms with Crippen LogP contribution in [0, 0.1) is 16.4 Å². The third-order valence-corrected chi connectivity index (χ3v) is 7.04. The number of carbonyl (C=O) groups is 1. The number of thiophene rings is 1. The minimum atomic E-state index is -0.467. The maximum absolute atomic E-state index is 15.2. The molecule has 5 heterocycles. The van der Waals surface area contributed by atoms with E-state index in [1.165, 1.54) is 18.3 Å². The van der Waals surface area contributed by atoms with Crippen LogP contribution in [0.2, 0.25) is 0 Å². The second-order valence-corrected chi connectivity index (χ2v) is 11.5. The first-order valence-electron chi connectivity index (χ1n) is 12.2. The number of rotatable bonds is 5. The van der Waals surface area contributed by atoms with Crippen LogP contribution >= 0.6 is 11.3 Å². The highest BCUT2D eigenvalue weighted by molar-refractivity contribution is 7.14. The molecule has 11 heteroatoms. The number of H-pyrrole nitrogens is 2. The van der Waals surface area contributed by atoms with Crippen LogP contribution in [0.3, 0.4) is 0 Å². The zero-order valence-corrected chi connectivity index (χ0v) is 22.1. The van der Waals surface area contributed by atoms with Crippen LogP contribution in [0.15, 0.2) is 55.0 Å². The summed E-state index contributed by atoms with van der Waals surface area (Å²) in [6, 6.07) is 9.66. The van der Waals surface area contributed by atoms with Gasteiger partial charge in [-0.15, -0.1) is 11.3 Å². The summed E-state index contributed by atoms with van der Waals surface area (Å²) < 4.78 is 28.9. The third-order valence-electron chi connectivity index (χ3n) is 6.13. The summed E-state index contributed by atoms with van der Waals surface area (Å²) in [7, 11) is 0. The number of nitrogens with zero attached hydrogens (tertiary/aromatic N) is 4. The Balaban J connectivity index is 1.39. The topological polar surface area (TPSA) is 112 Å². The van der Waals surface area contributed by atoms with E-state index in [9.17, 15) is 9.18 Å². The van der Waals surface area contributed by atoms with Crippen LogP contribution in [0.1, 0.15) is 27.2 Å². The van der Waals surface area contributed by atoms with Crippen LogP contribution in [0.25, 0.3) is 55.2 Å². The number of benzene rings is 1. The van der Waals surface area contributed by atoms with Gasteiger partial charge < -0.3 is 10.3 Å². The number of halogens is 2. The van der Waals surface area contributed by atoms with E-state index in [2.05, 4.69) is 35.5 Å². The first-order chi connectivity index (χ1) is 18.6.